The number of anilines is 2. The quantitative estimate of drug-likeness (QED) is 0.795. The minimum absolute atomic E-state index is 0.129. The van der Waals surface area contributed by atoms with Crippen molar-refractivity contribution in [3.05, 3.63) is 65.9 Å². The topological polar surface area (TPSA) is 87.7 Å². The van der Waals surface area contributed by atoms with Crippen LogP contribution in [0, 0.1) is 0 Å². The Morgan fingerprint density at radius 3 is 2.19 bits per heavy atom. The fourth-order valence-electron chi connectivity index (χ4n) is 2.27. The number of hydrogen-bond donors (Lipinski definition) is 2. The summed E-state index contributed by atoms with van der Waals surface area (Å²) in [7, 11) is 2.88. The first-order valence-electron chi connectivity index (χ1n) is 8.18. The molecule has 7 nitrogen and oxygen atoms in total. The average Bonchev–Trinajstić information content (AvgIpc) is 2.67. The van der Waals surface area contributed by atoms with Gasteiger partial charge in [0.1, 0.15) is 5.70 Å². The van der Waals surface area contributed by atoms with Crippen molar-refractivity contribution < 1.29 is 19.1 Å². The molecule has 0 aliphatic heterocycles. The van der Waals surface area contributed by atoms with E-state index >= 15 is 0 Å². The highest BCUT2D eigenvalue weighted by Crippen LogP contribution is 2.18. The second-order valence-electron chi connectivity index (χ2n) is 5.68. The lowest BCUT2D eigenvalue weighted by Crippen LogP contribution is -2.29. The monoisotopic (exact) mass is 367 g/mol. The highest BCUT2D eigenvalue weighted by Gasteiger charge is 2.13. The molecule has 0 unspecified atom stereocenters. The van der Waals surface area contributed by atoms with Crippen LogP contribution in [0.2, 0.25) is 0 Å². The van der Waals surface area contributed by atoms with Crippen molar-refractivity contribution in [3.63, 3.8) is 0 Å². The summed E-state index contributed by atoms with van der Waals surface area (Å²) in [5.41, 5.74) is 2.05. The number of nitrogens with one attached hydrogen (secondary N) is 2. The molecular formula is C20H21N3O4. The average molecular weight is 367 g/mol. The van der Waals surface area contributed by atoms with Crippen molar-refractivity contribution >= 4 is 35.4 Å². The molecule has 0 radical (unpaired) electrons. The molecule has 0 atom stereocenters. The summed E-state index contributed by atoms with van der Waals surface area (Å²) < 4.78 is 4.66. The lowest BCUT2D eigenvalue weighted by Gasteiger charge is -2.16. The smallest absolute Gasteiger partial charge is 0.413 e. The van der Waals surface area contributed by atoms with Crippen molar-refractivity contribution in [1.82, 2.24) is 5.32 Å². The zero-order chi connectivity index (χ0) is 19.8. The third-order valence-corrected chi connectivity index (χ3v) is 3.63. The molecule has 0 heterocycles. The van der Waals surface area contributed by atoms with Crippen LogP contribution in [0.15, 0.2) is 60.3 Å². The summed E-state index contributed by atoms with van der Waals surface area (Å²) >= 11 is 0. The Kier molecular flexibility index (Phi) is 6.71. The molecule has 27 heavy (non-hydrogen) atoms. The number of ether oxygens (including phenoxy) is 1. The van der Waals surface area contributed by atoms with Crippen LogP contribution < -0.4 is 15.5 Å². The first-order valence-corrected chi connectivity index (χ1v) is 8.18. The van der Waals surface area contributed by atoms with Gasteiger partial charge in [0.2, 0.25) is 5.91 Å². The van der Waals surface area contributed by atoms with Gasteiger partial charge in [-0.05, 0) is 35.9 Å². The van der Waals surface area contributed by atoms with E-state index < -0.39 is 12.0 Å². The van der Waals surface area contributed by atoms with Crippen LogP contribution in [0.4, 0.5) is 16.2 Å². The molecular weight excluding hydrogens is 346 g/mol. The van der Waals surface area contributed by atoms with Crippen molar-refractivity contribution in [2.45, 2.75) is 6.92 Å². The van der Waals surface area contributed by atoms with Gasteiger partial charge in [-0.3, -0.25) is 14.5 Å². The van der Waals surface area contributed by atoms with Gasteiger partial charge in [0.05, 0.1) is 7.11 Å². The van der Waals surface area contributed by atoms with Crippen molar-refractivity contribution in [3.8, 4) is 0 Å². The molecule has 0 aliphatic carbocycles. The maximum absolute atomic E-state index is 12.5. The van der Waals surface area contributed by atoms with Gasteiger partial charge in [-0.25, -0.2) is 4.79 Å². The molecule has 0 aliphatic rings. The second kappa shape index (κ2) is 9.19. The maximum atomic E-state index is 12.5. The van der Waals surface area contributed by atoms with Crippen LogP contribution in [0.3, 0.4) is 0 Å². The molecule has 0 bridgehead atoms. The number of methoxy groups -OCH3 is 1. The van der Waals surface area contributed by atoms with E-state index in [-0.39, 0.29) is 11.6 Å². The number of rotatable bonds is 5. The largest absolute Gasteiger partial charge is 0.452 e. The van der Waals surface area contributed by atoms with Gasteiger partial charge in [-0.2, -0.15) is 0 Å². The van der Waals surface area contributed by atoms with E-state index in [0.717, 1.165) is 5.56 Å². The fourth-order valence-corrected chi connectivity index (χ4v) is 2.27. The Morgan fingerprint density at radius 1 is 1.00 bits per heavy atom. The van der Waals surface area contributed by atoms with Gasteiger partial charge in [-0.1, -0.05) is 30.3 Å². The van der Waals surface area contributed by atoms with Crippen LogP contribution in [0.5, 0.6) is 0 Å². The van der Waals surface area contributed by atoms with Crippen molar-refractivity contribution in [2.75, 3.05) is 24.4 Å². The molecule has 0 saturated heterocycles. The number of benzene rings is 2. The Morgan fingerprint density at radius 2 is 1.63 bits per heavy atom. The minimum Gasteiger partial charge on any atom is -0.452 e. The second-order valence-corrected chi connectivity index (χ2v) is 5.68. The summed E-state index contributed by atoms with van der Waals surface area (Å²) in [6.07, 6.45) is 1.10. The third kappa shape index (κ3) is 5.71. The van der Waals surface area contributed by atoms with Gasteiger partial charge in [-0.15, -0.1) is 0 Å². The molecule has 2 N–H and O–H groups in total. The van der Waals surface area contributed by atoms with Gasteiger partial charge < -0.3 is 15.4 Å². The normalized spacial score (nSPS) is 10.7. The number of carbonyl (C=O) groups excluding carboxylic acids is 3. The third-order valence-electron chi connectivity index (χ3n) is 3.63. The molecule has 7 heteroatoms. The summed E-state index contributed by atoms with van der Waals surface area (Å²) in [4.78, 5) is 36.8. The molecule has 140 valence electrons. The lowest BCUT2D eigenvalue weighted by atomic mass is 10.2. The minimum atomic E-state index is -0.495. The lowest BCUT2D eigenvalue weighted by molar-refractivity contribution is -0.120. The van der Waals surface area contributed by atoms with Crippen molar-refractivity contribution in [2.24, 2.45) is 0 Å². The van der Waals surface area contributed by atoms with Gasteiger partial charge in [0.25, 0.3) is 5.91 Å². The molecule has 3 amide bonds. The van der Waals surface area contributed by atoms with Crippen LogP contribution in [-0.4, -0.2) is 32.1 Å². The maximum Gasteiger partial charge on any atom is 0.413 e. The summed E-state index contributed by atoms with van der Waals surface area (Å²) in [6.45, 7) is 1.34. The van der Waals surface area contributed by atoms with E-state index in [1.807, 2.05) is 30.3 Å². The first kappa shape index (κ1) is 19.7. The Hall–Kier alpha value is -3.61. The van der Waals surface area contributed by atoms with Crippen LogP contribution >= 0.6 is 0 Å². The van der Waals surface area contributed by atoms with Crippen LogP contribution in [0.1, 0.15) is 12.5 Å². The predicted octanol–water partition coefficient (Wildman–Crippen LogP) is 3.00. The molecule has 2 rings (SSSR count). The van der Waals surface area contributed by atoms with E-state index in [4.69, 9.17) is 0 Å². The summed E-state index contributed by atoms with van der Waals surface area (Å²) in [5, 5.41) is 5.26. The molecule has 0 saturated carbocycles. The van der Waals surface area contributed by atoms with Gasteiger partial charge in [0.15, 0.2) is 0 Å². The van der Waals surface area contributed by atoms with E-state index in [2.05, 4.69) is 15.4 Å². The molecule has 2 aromatic rings. The van der Waals surface area contributed by atoms with Gasteiger partial charge in [0, 0.05) is 25.3 Å². The molecule has 0 fully saturated rings. The SMILES string of the molecule is COC(=O)N(C)c1ccc(NC(=O)C(=Cc2ccccc2)NC(C)=O)cc1. The summed E-state index contributed by atoms with van der Waals surface area (Å²) in [6, 6.07) is 15.8. The van der Waals surface area contributed by atoms with E-state index in [1.54, 1.807) is 37.4 Å². The predicted molar refractivity (Wildman–Crippen MR) is 104 cm³/mol. The number of nitrogens with zero attached hydrogens (tertiary/aromatic N) is 1. The number of amides is 3. The van der Waals surface area contributed by atoms with Crippen LogP contribution in [0.25, 0.3) is 6.08 Å². The molecule has 0 aromatic heterocycles. The van der Waals surface area contributed by atoms with Crippen molar-refractivity contribution in [1.29, 1.82) is 0 Å². The first-order chi connectivity index (χ1) is 12.9. The highest BCUT2D eigenvalue weighted by molar-refractivity contribution is 6.08. The molecule has 2 aromatic carbocycles. The number of carbonyl (C=O) groups is 3. The standard InChI is InChI=1S/C20H21N3O4/c1-14(24)21-18(13-15-7-5-4-6-8-15)19(25)22-16-9-11-17(12-10-16)23(2)20(26)27-3/h4-13H,1-3H3,(H,21,24)(H,22,25). The van der Waals surface area contributed by atoms with E-state index in [1.165, 1.54) is 18.9 Å². The number of hydrogen-bond acceptors (Lipinski definition) is 4. The summed E-state index contributed by atoms with van der Waals surface area (Å²) in [5.74, 6) is -0.800. The van der Waals surface area contributed by atoms with Gasteiger partial charge >= 0.3 is 6.09 Å². The van der Waals surface area contributed by atoms with E-state index in [0.29, 0.717) is 11.4 Å². The highest BCUT2D eigenvalue weighted by atomic mass is 16.5. The Balaban J connectivity index is 2.16. The molecule has 0 spiro atoms. The fraction of sp³-hybridized carbons (Fsp3) is 0.150. The Bertz CT molecular complexity index is 845. The van der Waals surface area contributed by atoms with Crippen LogP contribution in [-0.2, 0) is 14.3 Å². The zero-order valence-electron chi connectivity index (χ0n) is 15.4. The Labute approximate surface area is 157 Å². The zero-order valence-corrected chi connectivity index (χ0v) is 15.4. The van der Waals surface area contributed by atoms with E-state index in [9.17, 15) is 14.4 Å².